The smallest absolute Gasteiger partial charge is 0.252 e. The van der Waals surface area contributed by atoms with Gasteiger partial charge in [0.05, 0.1) is 17.1 Å². The van der Waals surface area contributed by atoms with Crippen LogP contribution in [0, 0.1) is 47.3 Å². The molecule has 8 heteroatoms. The van der Waals surface area contributed by atoms with Crippen LogP contribution in [0.15, 0.2) is 322 Å². The van der Waals surface area contributed by atoms with Gasteiger partial charge >= 0.3 is 0 Å². The zero-order chi connectivity index (χ0) is 75.5. The van der Waals surface area contributed by atoms with Gasteiger partial charge in [0.1, 0.15) is 0 Å². The second-order valence-corrected chi connectivity index (χ2v) is 36.3. The minimum absolute atomic E-state index is 0.140. The van der Waals surface area contributed by atoms with Crippen LogP contribution in [0.3, 0.4) is 0 Å². The highest BCUT2D eigenvalue weighted by atomic mass is 15.3. The summed E-state index contributed by atoms with van der Waals surface area (Å²) in [7, 11) is 0. The van der Waals surface area contributed by atoms with Gasteiger partial charge in [-0.05, 0) is 220 Å². The number of anilines is 13. The maximum Gasteiger partial charge on any atom is 0.252 e. The second-order valence-electron chi connectivity index (χ2n) is 36.3. The van der Waals surface area contributed by atoms with Crippen LogP contribution < -0.4 is 62.6 Å². The number of rotatable bonds is 11. The summed E-state index contributed by atoms with van der Waals surface area (Å²) in [5.41, 5.74) is 38.7. The van der Waals surface area contributed by atoms with E-state index in [2.05, 4.69) is 351 Å². The summed E-state index contributed by atoms with van der Waals surface area (Å²) in [5.74, 6) is 6.53. The molecule has 12 unspecified atom stereocenters. The van der Waals surface area contributed by atoms with Crippen LogP contribution >= 0.6 is 0 Å². The van der Waals surface area contributed by atoms with E-state index >= 15 is 0 Å². The molecule has 6 aliphatic carbocycles. The van der Waals surface area contributed by atoms with Crippen molar-refractivity contribution in [3.63, 3.8) is 0 Å². The quantitative estimate of drug-likeness (QED) is 0.130. The lowest BCUT2D eigenvalue weighted by Crippen LogP contribution is -2.67. The van der Waals surface area contributed by atoms with Crippen LogP contribution in [0.4, 0.5) is 73.9 Å². The van der Waals surface area contributed by atoms with Crippen LogP contribution in [-0.4, -0.2) is 37.6 Å². The maximum absolute atomic E-state index is 4.59. The van der Waals surface area contributed by atoms with Gasteiger partial charge < -0.3 is 29.8 Å². The van der Waals surface area contributed by atoms with E-state index in [1.54, 1.807) is 0 Å². The summed E-state index contributed by atoms with van der Waals surface area (Å²) in [6.07, 6.45) is 16.1. The van der Waals surface area contributed by atoms with Gasteiger partial charge in [-0.25, -0.2) is 0 Å². The fourth-order valence-electron chi connectivity index (χ4n) is 27.0. The van der Waals surface area contributed by atoms with E-state index in [0.717, 1.165) is 41.4 Å². The van der Waals surface area contributed by atoms with E-state index in [-0.39, 0.29) is 13.4 Å². The predicted octanol–water partition coefficient (Wildman–Crippen LogP) is 22.9. The van der Waals surface area contributed by atoms with Crippen molar-refractivity contribution in [2.75, 3.05) is 29.8 Å². The van der Waals surface area contributed by atoms with Gasteiger partial charge in [-0.2, -0.15) is 0 Å². The molecular weight excluding hydrogens is 1400 g/mol. The molecule has 10 fully saturated rings. The van der Waals surface area contributed by atoms with Crippen molar-refractivity contribution >= 4 is 120 Å². The third-order valence-corrected chi connectivity index (χ3v) is 31.1. The number of hydrogen-bond donors (Lipinski definition) is 1. The fourth-order valence-corrected chi connectivity index (χ4v) is 27.0. The minimum Gasteiger partial charge on any atom is -0.365 e. The van der Waals surface area contributed by atoms with E-state index in [4.69, 9.17) is 0 Å². The third kappa shape index (κ3) is 9.67. The molecule has 0 amide bonds. The Balaban J connectivity index is 0.773. The first-order valence-electron chi connectivity index (χ1n) is 43.7. The summed E-state index contributed by atoms with van der Waals surface area (Å²) in [6.45, 7) is -0.328. The van der Waals surface area contributed by atoms with Crippen LogP contribution in [0.1, 0.15) is 77.0 Å². The van der Waals surface area contributed by atoms with Crippen molar-refractivity contribution in [3.8, 4) is 66.8 Å². The Kier molecular flexibility index (Phi) is 14.7. The highest BCUT2D eigenvalue weighted by Gasteiger charge is 2.61. The summed E-state index contributed by atoms with van der Waals surface area (Å²) in [6, 6.07) is 127. The van der Waals surface area contributed by atoms with E-state index in [9.17, 15) is 0 Å². The molecule has 116 heavy (non-hydrogen) atoms. The second kappa shape index (κ2) is 25.8. The van der Waals surface area contributed by atoms with Crippen LogP contribution in [0.2, 0.25) is 0 Å². The molecule has 12 bridgehead atoms. The van der Waals surface area contributed by atoms with Gasteiger partial charge in [0.2, 0.25) is 0 Å². The topological polar surface area (TPSA) is 28.2 Å². The molecule has 12 atom stereocenters. The minimum atomic E-state index is -0.187. The Bertz CT molecular complexity index is 6140. The molecule has 4 saturated heterocycles. The van der Waals surface area contributed by atoms with Crippen molar-refractivity contribution in [2.24, 2.45) is 47.3 Å². The van der Waals surface area contributed by atoms with Gasteiger partial charge in [-0.1, -0.05) is 292 Å². The van der Waals surface area contributed by atoms with Gasteiger partial charge in [0.15, 0.2) is 0 Å². The van der Waals surface area contributed by atoms with Gasteiger partial charge in [-0.3, -0.25) is 0 Å². The lowest BCUT2D eigenvalue weighted by molar-refractivity contribution is -0.0593. The average Bonchev–Trinajstić information content (AvgIpc) is 0.678. The number of para-hydroxylation sites is 5. The van der Waals surface area contributed by atoms with Gasteiger partial charge in [-0.15, -0.1) is 0 Å². The van der Waals surface area contributed by atoms with Crippen molar-refractivity contribution < 1.29 is 0 Å². The maximum atomic E-state index is 4.59. The fraction of sp³-hybridized carbons (Fsp3) is 0.222. The number of nitrogens with one attached hydrogen (secondary N) is 1. The molecule has 28 rings (SSSR count). The van der Waals surface area contributed by atoms with E-state index in [1.165, 1.54) is 251 Å². The molecule has 6 nitrogen and oxygen atoms in total. The highest BCUT2D eigenvalue weighted by molar-refractivity contribution is 7.03. The van der Waals surface area contributed by atoms with Crippen LogP contribution in [-0.2, 0) is 0 Å². The first-order valence-corrected chi connectivity index (χ1v) is 43.7. The molecule has 8 aliphatic heterocycles. The summed E-state index contributed by atoms with van der Waals surface area (Å²) in [5, 5.41) is 4.59. The predicted molar refractivity (Wildman–Crippen MR) is 486 cm³/mol. The first kappa shape index (κ1) is 66.3. The number of hydrogen-bond acceptors (Lipinski definition) is 6. The molecule has 14 aromatic carbocycles. The average molecular weight is 1490 g/mol. The molecule has 14 aliphatic rings. The molecule has 1 N–H and O–H groups in total. The number of benzene rings is 14. The van der Waals surface area contributed by atoms with E-state index in [1.807, 2.05) is 0 Å². The summed E-state index contributed by atoms with van der Waals surface area (Å²) >= 11 is 0. The highest BCUT2D eigenvalue weighted by Crippen LogP contribution is 2.65. The Morgan fingerprint density at radius 3 is 1.00 bits per heavy atom. The lowest BCUT2D eigenvalue weighted by atomic mass is 9.30. The van der Waals surface area contributed by atoms with Crippen LogP contribution in [0.5, 0.6) is 0 Å². The molecule has 8 heterocycles. The van der Waals surface area contributed by atoms with Crippen LogP contribution in [0.25, 0.3) is 66.8 Å². The van der Waals surface area contributed by atoms with Crippen molar-refractivity contribution in [2.45, 2.75) is 101 Å². The largest absolute Gasteiger partial charge is 0.365 e. The van der Waals surface area contributed by atoms with E-state index in [0.29, 0.717) is 30.1 Å². The molecular formula is C108H90B2N6. The number of nitrogens with zero attached hydrogens (tertiary/aromatic N) is 5. The van der Waals surface area contributed by atoms with E-state index < -0.39 is 0 Å². The number of fused-ring (bicyclic) bond motifs is 8. The Hall–Kier alpha value is -12.0. The lowest BCUT2D eigenvalue weighted by Gasteiger charge is -2.66. The third-order valence-electron chi connectivity index (χ3n) is 31.1. The SMILES string of the molecule is c1ccc(-c2cccc(-c3ccccc3)c2N2c3ccccc3B3c4cc5c(cc4Nc4cc(N6C7CC8CC6C6CCCC8C6C7)cc2c43)N(c2c(-c3ccccc3)cccc2-c2ccccc2)c2cc(N3C4CC6CC3C3CCCC6C3C4)cc3c2B5c2ccccc2N3c2c(-c3ccccc3)cccc2-c2ccccc2)cc1. The van der Waals surface area contributed by atoms with Gasteiger partial charge in [0.25, 0.3) is 13.4 Å². The monoisotopic (exact) mass is 1490 g/mol. The normalized spacial score (nSPS) is 24.4. The zero-order valence-corrected chi connectivity index (χ0v) is 65.4. The van der Waals surface area contributed by atoms with Crippen molar-refractivity contribution in [3.05, 3.63) is 322 Å². The molecule has 558 valence electrons. The Labute approximate surface area is 682 Å². The summed E-state index contributed by atoms with van der Waals surface area (Å²) in [4.78, 5) is 14.5. The standard InChI is InChI=1S/C108H90B2N6/c1-7-28-66(29-8-1)80-42-25-43-81(67-30-9-2-10-31-67)106(80)114-96-52-21-19-50-90(96)109-92-64-93-100(65-94(92)111-95-60-76(61-101(114)104(95)109)112-74-54-72-56-98(112)86-48-23-40-78(72)88(86)58-74)116(108-84(70-36-15-5-16-37-70)46-27-47-85(108)71-38-17-6-18-39-71)103-63-77(113-75-55-73-57-99(113)87-49-24-41-79(73)89(87)59-75)62-102-105(103)110(93)91-51-20-22-53-97(91)115(102)107-82(68-32-11-3-12-33-68)44-26-45-83(107)69-34-13-4-14-35-69/h1-22,25-39,42-47,50-53,60-65,72-75,78-79,86-89,98-99,111H,23-24,40-41,48-49,54-59H2. The number of piperidine rings is 4. The van der Waals surface area contributed by atoms with Crippen molar-refractivity contribution in [1.82, 2.24) is 0 Å². The zero-order valence-electron chi connectivity index (χ0n) is 65.4. The molecule has 14 aromatic rings. The molecule has 0 spiro atoms. The molecule has 0 aromatic heterocycles. The summed E-state index contributed by atoms with van der Waals surface area (Å²) < 4.78 is 0. The van der Waals surface area contributed by atoms with Crippen molar-refractivity contribution in [1.29, 1.82) is 0 Å². The van der Waals surface area contributed by atoms with Gasteiger partial charge in [0, 0.05) is 114 Å². The Morgan fingerprint density at radius 1 is 0.250 bits per heavy atom. The molecule has 0 radical (unpaired) electrons. The Morgan fingerprint density at radius 2 is 0.595 bits per heavy atom. The first-order chi connectivity index (χ1) is 57.6. The molecule has 6 saturated carbocycles.